The van der Waals surface area contributed by atoms with Crippen molar-refractivity contribution < 1.29 is 0 Å². The molecule has 0 saturated carbocycles. The van der Waals surface area contributed by atoms with Gasteiger partial charge in [0.05, 0.1) is 18.2 Å². The first-order valence-corrected chi connectivity index (χ1v) is 4.04. The molecule has 0 heterocycles. The fourth-order valence-electron chi connectivity index (χ4n) is 0.766. The lowest BCUT2D eigenvalue weighted by Gasteiger charge is -1.85. The Bertz CT molecular complexity index is 340. The topological polar surface area (TPSA) is 24.7 Å². The zero-order chi connectivity index (χ0) is 9.36. The first kappa shape index (κ1) is 9.25. The minimum absolute atomic E-state index is 0.590. The molecule has 1 rings (SSSR count). The van der Waals surface area contributed by atoms with Gasteiger partial charge in [-0.25, -0.2) is 4.99 Å². The third-order valence-corrected chi connectivity index (χ3v) is 1.37. The molecular weight excluding hydrogens is 160 g/mol. The SMILES string of the molecule is C#CCCN=C=Nc1ccccc1. The van der Waals surface area contributed by atoms with Gasteiger partial charge in [0.25, 0.3) is 0 Å². The van der Waals surface area contributed by atoms with Crippen LogP contribution in [-0.4, -0.2) is 12.6 Å². The highest BCUT2D eigenvalue weighted by Crippen LogP contribution is 2.07. The van der Waals surface area contributed by atoms with E-state index in [9.17, 15) is 0 Å². The molecule has 2 nitrogen and oxygen atoms in total. The summed E-state index contributed by atoms with van der Waals surface area (Å²) in [6, 6.07) is 12.2. The second-order valence-electron chi connectivity index (χ2n) is 2.38. The van der Waals surface area contributed by atoms with Crippen LogP contribution in [-0.2, 0) is 0 Å². The Morgan fingerprint density at radius 3 is 2.69 bits per heavy atom. The van der Waals surface area contributed by atoms with Crippen LogP contribution in [0.15, 0.2) is 40.3 Å². The molecule has 0 saturated heterocycles. The van der Waals surface area contributed by atoms with Crippen molar-refractivity contribution in [2.45, 2.75) is 6.42 Å². The van der Waals surface area contributed by atoms with Crippen molar-refractivity contribution in [2.24, 2.45) is 9.98 Å². The van der Waals surface area contributed by atoms with E-state index in [1.807, 2.05) is 30.3 Å². The van der Waals surface area contributed by atoms with Crippen LogP contribution >= 0.6 is 0 Å². The lowest BCUT2D eigenvalue weighted by Crippen LogP contribution is -1.73. The van der Waals surface area contributed by atoms with Crippen molar-refractivity contribution >= 4 is 11.7 Å². The number of hydrogen-bond donors (Lipinski definition) is 0. The smallest absolute Gasteiger partial charge is 0.0949 e. The Kier molecular flexibility index (Phi) is 4.10. The Balaban J connectivity index is 2.50. The van der Waals surface area contributed by atoms with E-state index in [4.69, 9.17) is 6.42 Å². The largest absolute Gasteiger partial charge is 0.224 e. The van der Waals surface area contributed by atoms with Gasteiger partial charge in [0, 0.05) is 6.42 Å². The third-order valence-electron chi connectivity index (χ3n) is 1.37. The molecule has 64 valence electrons. The second-order valence-corrected chi connectivity index (χ2v) is 2.38. The van der Waals surface area contributed by atoms with E-state index in [0.717, 1.165) is 5.69 Å². The van der Waals surface area contributed by atoms with Gasteiger partial charge in [0.1, 0.15) is 0 Å². The molecule has 0 N–H and O–H groups in total. The summed E-state index contributed by atoms with van der Waals surface area (Å²) in [5.41, 5.74) is 0.854. The van der Waals surface area contributed by atoms with Crippen molar-refractivity contribution in [1.29, 1.82) is 0 Å². The minimum Gasteiger partial charge on any atom is -0.224 e. The molecule has 0 aliphatic rings. The third kappa shape index (κ3) is 3.91. The predicted octanol–water partition coefficient (Wildman–Crippen LogP) is 2.52. The highest BCUT2D eigenvalue weighted by atomic mass is 14.8. The maximum absolute atomic E-state index is 5.05. The monoisotopic (exact) mass is 170 g/mol. The maximum Gasteiger partial charge on any atom is 0.0949 e. The summed E-state index contributed by atoms with van der Waals surface area (Å²) in [4.78, 5) is 7.89. The highest BCUT2D eigenvalue weighted by Gasteiger charge is 1.80. The van der Waals surface area contributed by atoms with Crippen molar-refractivity contribution in [3.63, 3.8) is 0 Å². The summed E-state index contributed by atoms with van der Waals surface area (Å²) in [6.07, 6.45) is 5.69. The number of hydrogen-bond acceptors (Lipinski definition) is 2. The molecule has 0 bridgehead atoms. The average molecular weight is 170 g/mol. The van der Waals surface area contributed by atoms with E-state index in [2.05, 4.69) is 21.9 Å². The van der Waals surface area contributed by atoms with E-state index in [1.54, 1.807) is 0 Å². The van der Waals surface area contributed by atoms with Crippen molar-refractivity contribution in [1.82, 2.24) is 0 Å². The fraction of sp³-hybridized carbons (Fsp3) is 0.182. The minimum atomic E-state index is 0.590. The Morgan fingerprint density at radius 2 is 2.00 bits per heavy atom. The van der Waals surface area contributed by atoms with Gasteiger partial charge in [0.15, 0.2) is 0 Å². The normalized spacial score (nSPS) is 8.23. The van der Waals surface area contributed by atoms with Crippen molar-refractivity contribution in [3.8, 4) is 12.3 Å². The van der Waals surface area contributed by atoms with E-state index in [1.165, 1.54) is 0 Å². The first-order chi connectivity index (χ1) is 6.43. The van der Waals surface area contributed by atoms with Crippen LogP contribution in [0.2, 0.25) is 0 Å². The predicted molar refractivity (Wildman–Crippen MR) is 54.3 cm³/mol. The molecule has 13 heavy (non-hydrogen) atoms. The second kappa shape index (κ2) is 5.77. The summed E-state index contributed by atoms with van der Waals surface area (Å²) < 4.78 is 0. The van der Waals surface area contributed by atoms with Crippen LogP contribution in [0.4, 0.5) is 5.69 Å². The number of terminal acetylenes is 1. The molecule has 1 aromatic rings. The van der Waals surface area contributed by atoms with Crippen LogP contribution in [0.1, 0.15) is 6.42 Å². The number of benzene rings is 1. The molecule has 2 heteroatoms. The molecule has 0 aliphatic carbocycles. The Morgan fingerprint density at radius 1 is 1.23 bits per heavy atom. The molecule has 0 spiro atoms. The van der Waals surface area contributed by atoms with Crippen LogP contribution in [0.25, 0.3) is 0 Å². The molecule has 0 aromatic heterocycles. The van der Waals surface area contributed by atoms with Gasteiger partial charge in [-0.15, -0.1) is 12.3 Å². The number of rotatable bonds is 3. The van der Waals surface area contributed by atoms with E-state index in [0.29, 0.717) is 13.0 Å². The van der Waals surface area contributed by atoms with Crippen LogP contribution in [0.3, 0.4) is 0 Å². The van der Waals surface area contributed by atoms with Gasteiger partial charge in [-0.2, -0.15) is 4.99 Å². The van der Waals surface area contributed by atoms with E-state index >= 15 is 0 Å². The fourth-order valence-corrected chi connectivity index (χ4v) is 0.766. The van der Waals surface area contributed by atoms with Crippen molar-refractivity contribution in [2.75, 3.05) is 6.54 Å². The number of nitrogens with zero attached hydrogens (tertiary/aromatic N) is 2. The summed E-state index contributed by atoms with van der Waals surface area (Å²) >= 11 is 0. The molecule has 0 amide bonds. The highest BCUT2D eigenvalue weighted by molar-refractivity contribution is 5.51. The van der Waals surface area contributed by atoms with E-state index in [-0.39, 0.29) is 0 Å². The average Bonchev–Trinajstić information content (AvgIpc) is 2.19. The van der Waals surface area contributed by atoms with E-state index < -0.39 is 0 Å². The molecule has 0 atom stereocenters. The standard InChI is InChI=1S/C11H10N2/c1-2-3-9-12-10-13-11-7-5-4-6-8-11/h1,4-8H,3,9H2. The molecule has 0 aliphatic heterocycles. The number of aliphatic imine (C=N–C) groups is 2. The molecule has 0 unspecified atom stereocenters. The summed E-state index contributed by atoms with van der Waals surface area (Å²) in [6.45, 7) is 0.590. The lowest BCUT2D eigenvalue weighted by atomic mass is 10.3. The maximum atomic E-state index is 5.05. The van der Waals surface area contributed by atoms with Gasteiger partial charge in [-0.1, -0.05) is 18.2 Å². The molecular formula is C11H10N2. The van der Waals surface area contributed by atoms with Gasteiger partial charge in [-0.3, -0.25) is 0 Å². The zero-order valence-electron chi connectivity index (χ0n) is 7.27. The van der Waals surface area contributed by atoms with Crippen LogP contribution < -0.4 is 0 Å². The lowest BCUT2D eigenvalue weighted by molar-refractivity contribution is 1.04. The summed E-state index contributed by atoms with van der Waals surface area (Å²) in [5, 5.41) is 0. The molecule has 0 radical (unpaired) electrons. The summed E-state index contributed by atoms with van der Waals surface area (Å²) in [7, 11) is 0. The number of para-hydroxylation sites is 1. The van der Waals surface area contributed by atoms with Gasteiger partial charge >= 0.3 is 0 Å². The quantitative estimate of drug-likeness (QED) is 0.378. The summed E-state index contributed by atoms with van der Waals surface area (Å²) in [5.74, 6) is 2.49. The van der Waals surface area contributed by atoms with Crippen molar-refractivity contribution in [3.05, 3.63) is 30.3 Å². The zero-order valence-corrected chi connectivity index (χ0v) is 7.27. The molecule has 1 aromatic carbocycles. The van der Waals surface area contributed by atoms with Gasteiger partial charge < -0.3 is 0 Å². The van der Waals surface area contributed by atoms with Crippen LogP contribution in [0.5, 0.6) is 0 Å². The first-order valence-electron chi connectivity index (χ1n) is 4.04. The van der Waals surface area contributed by atoms with Crippen LogP contribution in [0, 0.1) is 12.3 Å². The Labute approximate surface area is 78.0 Å². The molecule has 0 fully saturated rings. The Hall–Kier alpha value is -1.84. The van der Waals surface area contributed by atoms with Gasteiger partial charge in [0.2, 0.25) is 0 Å². The van der Waals surface area contributed by atoms with Gasteiger partial charge in [-0.05, 0) is 12.1 Å².